The van der Waals surface area contributed by atoms with Crippen molar-refractivity contribution >= 4 is 34.9 Å². The number of hydrogen-bond acceptors (Lipinski definition) is 2. The van der Waals surface area contributed by atoms with Gasteiger partial charge < -0.3 is 16.0 Å². The Morgan fingerprint density at radius 1 is 1.08 bits per heavy atom. The third kappa shape index (κ3) is 4.99. The van der Waals surface area contributed by atoms with Crippen LogP contribution in [0.15, 0.2) is 48.5 Å². The molecule has 0 aliphatic heterocycles. The molecule has 0 saturated heterocycles. The SMILES string of the molecule is CC[C@@H](C)NC(=O)c1ccccc1NC(=O)Nc1cccc(Cl)c1. The lowest BCUT2D eigenvalue weighted by Gasteiger charge is -2.15. The predicted molar refractivity (Wildman–Crippen MR) is 97.8 cm³/mol. The third-order valence-electron chi connectivity index (χ3n) is 3.49. The highest BCUT2D eigenvalue weighted by Crippen LogP contribution is 2.18. The number of rotatable bonds is 5. The number of para-hydroxylation sites is 1. The van der Waals surface area contributed by atoms with Crippen LogP contribution >= 0.6 is 11.6 Å². The van der Waals surface area contributed by atoms with Gasteiger partial charge in [-0.25, -0.2) is 4.79 Å². The van der Waals surface area contributed by atoms with Gasteiger partial charge in [0.05, 0.1) is 11.3 Å². The van der Waals surface area contributed by atoms with Gasteiger partial charge in [-0.15, -0.1) is 0 Å². The second kappa shape index (κ2) is 8.36. The molecule has 2 aromatic carbocycles. The van der Waals surface area contributed by atoms with Crippen molar-refractivity contribution in [2.45, 2.75) is 26.3 Å². The number of halogens is 1. The molecule has 0 aliphatic carbocycles. The molecule has 3 amide bonds. The molecule has 24 heavy (non-hydrogen) atoms. The van der Waals surface area contributed by atoms with E-state index < -0.39 is 6.03 Å². The highest BCUT2D eigenvalue weighted by atomic mass is 35.5. The van der Waals surface area contributed by atoms with Gasteiger partial charge in [0.15, 0.2) is 0 Å². The van der Waals surface area contributed by atoms with Crippen LogP contribution in [0.5, 0.6) is 0 Å². The summed E-state index contributed by atoms with van der Waals surface area (Å²) in [6, 6.07) is 13.3. The zero-order valence-corrected chi connectivity index (χ0v) is 14.4. The van der Waals surface area contributed by atoms with E-state index >= 15 is 0 Å². The molecular weight excluding hydrogens is 326 g/mol. The van der Waals surface area contributed by atoms with E-state index in [-0.39, 0.29) is 11.9 Å². The molecule has 0 unspecified atom stereocenters. The molecule has 0 heterocycles. The first-order chi connectivity index (χ1) is 11.5. The Balaban J connectivity index is 2.09. The van der Waals surface area contributed by atoms with E-state index in [9.17, 15) is 9.59 Å². The summed E-state index contributed by atoms with van der Waals surface area (Å²) >= 11 is 5.89. The lowest BCUT2D eigenvalue weighted by Crippen LogP contribution is -2.33. The molecule has 3 N–H and O–H groups in total. The zero-order valence-electron chi connectivity index (χ0n) is 13.6. The Bertz CT molecular complexity index is 734. The minimum Gasteiger partial charge on any atom is -0.350 e. The van der Waals surface area contributed by atoms with Gasteiger partial charge in [0.1, 0.15) is 0 Å². The maximum Gasteiger partial charge on any atom is 0.323 e. The van der Waals surface area contributed by atoms with E-state index in [0.29, 0.717) is 22.0 Å². The Morgan fingerprint density at radius 2 is 1.83 bits per heavy atom. The first-order valence-electron chi connectivity index (χ1n) is 7.73. The summed E-state index contributed by atoms with van der Waals surface area (Å²) in [6.45, 7) is 3.92. The maximum absolute atomic E-state index is 12.3. The van der Waals surface area contributed by atoms with Crippen LogP contribution in [0.4, 0.5) is 16.2 Å². The minimum absolute atomic E-state index is 0.0610. The molecule has 5 nitrogen and oxygen atoms in total. The van der Waals surface area contributed by atoms with Crippen molar-refractivity contribution in [2.24, 2.45) is 0 Å². The Hall–Kier alpha value is -2.53. The van der Waals surface area contributed by atoms with Crippen molar-refractivity contribution in [3.05, 3.63) is 59.1 Å². The van der Waals surface area contributed by atoms with Crippen LogP contribution in [0.25, 0.3) is 0 Å². The Morgan fingerprint density at radius 3 is 2.54 bits per heavy atom. The highest BCUT2D eigenvalue weighted by Gasteiger charge is 2.14. The van der Waals surface area contributed by atoms with E-state index in [1.165, 1.54) is 0 Å². The summed E-state index contributed by atoms with van der Waals surface area (Å²) in [5.74, 6) is -0.219. The standard InChI is InChI=1S/C18H20ClN3O2/c1-3-12(2)20-17(23)15-9-4-5-10-16(15)22-18(24)21-14-8-6-7-13(19)11-14/h4-12H,3H2,1-2H3,(H,20,23)(H2,21,22,24)/t12-/m1/s1. The summed E-state index contributed by atoms with van der Waals surface area (Å²) in [5, 5.41) is 8.80. The van der Waals surface area contributed by atoms with Crippen LogP contribution in [0.2, 0.25) is 5.02 Å². The summed E-state index contributed by atoms with van der Waals surface area (Å²) in [7, 11) is 0. The van der Waals surface area contributed by atoms with Crippen molar-refractivity contribution in [2.75, 3.05) is 10.6 Å². The van der Waals surface area contributed by atoms with Gasteiger partial charge in [-0.3, -0.25) is 4.79 Å². The number of urea groups is 1. The molecule has 0 fully saturated rings. The van der Waals surface area contributed by atoms with Crippen LogP contribution < -0.4 is 16.0 Å². The molecule has 2 aromatic rings. The van der Waals surface area contributed by atoms with Gasteiger partial charge in [-0.05, 0) is 43.7 Å². The number of benzene rings is 2. The van der Waals surface area contributed by atoms with E-state index in [2.05, 4.69) is 16.0 Å². The molecule has 0 aliphatic rings. The number of anilines is 2. The third-order valence-corrected chi connectivity index (χ3v) is 3.73. The smallest absolute Gasteiger partial charge is 0.323 e. The summed E-state index contributed by atoms with van der Waals surface area (Å²) in [5.41, 5.74) is 1.43. The fourth-order valence-electron chi connectivity index (χ4n) is 2.04. The Labute approximate surface area is 146 Å². The number of carbonyl (C=O) groups is 2. The second-order valence-corrected chi connectivity index (χ2v) is 5.85. The summed E-state index contributed by atoms with van der Waals surface area (Å²) < 4.78 is 0. The quantitative estimate of drug-likeness (QED) is 0.746. The van der Waals surface area contributed by atoms with Crippen molar-refractivity contribution in [3.8, 4) is 0 Å². The molecule has 0 saturated carbocycles. The zero-order chi connectivity index (χ0) is 17.5. The van der Waals surface area contributed by atoms with E-state index in [1.807, 2.05) is 13.8 Å². The Kier molecular flexibility index (Phi) is 6.21. The van der Waals surface area contributed by atoms with Crippen LogP contribution in [-0.2, 0) is 0 Å². The molecule has 0 aromatic heterocycles. The number of amides is 3. The lowest BCUT2D eigenvalue weighted by molar-refractivity contribution is 0.0940. The molecular formula is C18H20ClN3O2. The van der Waals surface area contributed by atoms with Gasteiger partial charge >= 0.3 is 6.03 Å². The van der Waals surface area contributed by atoms with Crippen molar-refractivity contribution in [1.29, 1.82) is 0 Å². The van der Waals surface area contributed by atoms with Crippen LogP contribution in [-0.4, -0.2) is 18.0 Å². The maximum atomic E-state index is 12.3. The predicted octanol–water partition coefficient (Wildman–Crippen LogP) is 4.51. The van der Waals surface area contributed by atoms with Crippen molar-refractivity contribution in [3.63, 3.8) is 0 Å². The van der Waals surface area contributed by atoms with Crippen LogP contribution in [0.1, 0.15) is 30.6 Å². The van der Waals surface area contributed by atoms with Crippen LogP contribution in [0, 0.1) is 0 Å². The average Bonchev–Trinajstić information content (AvgIpc) is 2.55. The lowest BCUT2D eigenvalue weighted by atomic mass is 10.1. The van der Waals surface area contributed by atoms with E-state index in [1.54, 1.807) is 48.5 Å². The van der Waals surface area contributed by atoms with E-state index in [0.717, 1.165) is 6.42 Å². The van der Waals surface area contributed by atoms with Crippen molar-refractivity contribution < 1.29 is 9.59 Å². The van der Waals surface area contributed by atoms with Crippen molar-refractivity contribution in [1.82, 2.24) is 5.32 Å². The minimum atomic E-state index is -0.443. The largest absolute Gasteiger partial charge is 0.350 e. The van der Waals surface area contributed by atoms with Crippen LogP contribution in [0.3, 0.4) is 0 Å². The first kappa shape index (κ1) is 17.8. The second-order valence-electron chi connectivity index (χ2n) is 5.42. The van der Waals surface area contributed by atoms with Gasteiger partial charge in [0.2, 0.25) is 0 Å². The number of nitrogens with one attached hydrogen (secondary N) is 3. The summed E-state index contributed by atoms with van der Waals surface area (Å²) in [6.07, 6.45) is 0.830. The van der Waals surface area contributed by atoms with E-state index in [4.69, 9.17) is 11.6 Å². The molecule has 0 radical (unpaired) electrons. The molecule has 2 rings (SSSR count). The summed E-state index contributed by atoms with van der Waals surface area (Å²) in [4.78, 5) is 24.5. The topological polar surface area (TPSA) is 70.2 Å². The highest BCUT2D eigenvalue weighted by molar-refractivity contribution is 6.30. The molecule has 0 spiro atoms. The van der Waals surface area contributed by atoms with Gasteiger partial charge in [-0.1, -0.05) is 36.7 Å². The molecule has 1 atom stereocenters. The first-order valence-corrected chi connectivity index (χ1v) is 8.11. The fraction of sp³-hybridized carbons (Fsp3) is 0.222. The molecule has 6 heteroatoms. The van der Waals surface area contributed by atoms with Gasteiger partial charge in [-0.2, -0.15) is 0 Å². The van der Waals surface area contributed by atoms with Gasteiger partial charge in [0, 0.05) is 16.8 Å². The molecule has 126 valence electrons. The average molecular weight is 346 g/mol. The number of carbonyl (C=O) groups excluding carboxylic acids is 2. The monoisotopic (exact) mass is 345 g/mol. The number of hydrogen-bond donors (Lipinski definition) is 3. The fourth-order valence-corrected chi connectivity index (χ4v) is 2.23. The normalized spacial score (nSPS) is 11.5. The molecule has 0 bridgehead atoms. The van der Waals surface area contributed by atoms with Gasteiger partial charge in [0.25, 0.3) is 5.91 Å².